The Balaban J connectivity index is 1.60. The second kappa shape index (κ2) is 9.71. The molecule has 2 aromatic rings. The first-order valence-corrected chi connectivity index (χ1v) is 11.7. The predicted molar refractivity (Wildman–Crippen MR) is 120 cm³/mol. The Labute approximate surface area is 184 Å². The van der Waals surface area contributed by atoms with Crippen LogP contribution in [0, 0.1) is 5.92 Å². The summed E-state index contributed by atoms with van der Waals surface area (Å²) in [6.07, 6.45) is 9.43. The van der Waals surface area contributed by atoms with Gasteiger partial charge in [-0.3, -0.25) is 4.79 Å². The van der Waals surface area contributed by atoms with Crippen LogP contribution < -0.4 is 4.74 Å². The molecule has 4 rings (SSSR count). The topological polar surface area (TPSA) is 68.4 Å². The van der Waals surface area contributed by atoms with Crippen LogP contribution in [0.2, 0.25) is 0 Å². The van der Waals surface area contributed by atoms with Crippen LogP contribution in [-0.4, -0.2) is 30.5 Å². The molecule has 1 atom stereocenters. The van der Waals surface area contributed by atoms with Crippen LogP contribution in [0.25, 0.3) is 0 Å². The van der Waals surface area contributed by atoms with Crippen molar-refractivity contribution in [3.63, 3.8) is 0 Å². The zero-order valence-corrected chi connectivity index (χ0v) is 18.7. The van der Waals surface area contributed by atoms with Crippen molar-refractivity contribution in [3.8, 4) is 5.75 Å². The number of rotatable bonds is 7. The SMILES string of the molecule is CCOC(=O)c1[nH]c2c(c1CCC1CCCCC1)C(=O)C[C@@H](c1ccc(OC)cc1)C2. The van der Waals surface area contributed by atoms with Crippen molar-refractivity contribution < 1.29 is 19.1 Å². The number of carbonyl (C=O) groups excluding carboxylic acids is 2. The van der Waals surface area contributed by atoms with E-state index in [0.29, 0.717) is 24.6 Å². The van der Waals surface area contributed by atoms with E-state index in [0.717, 1.165) is 47.4 Å². The van der Waals surface area contributed by atoms with Crippen molar-refractivity contribution in [2.45, 2.75) is 70.6 Å². The third-order valence-corrected chi connectivity index (χ3v) is 6.94. The highest BCUT2D eigenvalue weighted by Gasteiger charge is 2.34. The molecule has 0 bridgehead atoms. The lowest BCUT2D eigenvalue weighted by atomic mass is 9.80. The fourth-order valence-corrected chi connectivity index (χ4v) is 5.29. The third-order valence-electron chi connectivity index (χ3n) is 6.94. The van der Waals surface area contributed by atoms with E-state index in [-0.39, 0.29) is 17.7 Å². The third kappa shape index (κ3) is 4.70. The molecule has 2 aliphatic rings. The minimum Gasteiger partial charge on any atom is -0.497 e. The van der Waals surface area contributed by atoms with E-state index >= 15 is 0 Å². The average molecular weight is 424 g/mol. The van der Waals surface area contributed by atoms with Gasteiger partial charge in [-0.1, -0.05) is 44.2 Å². The first-order valence-electron chi connectivity index (χ1n) is 11.7. The van der Waals surface area contributed by atoms with Crippen LogP contribution in [0.1, 0.15) is 95.5 Å². The van der Waals surface area contributed by atoms with Gasteiger partial charge in [0.15, 0.2) is 5.78 Å². The molecule has 5 heteroatoms. The molecular formula is C26H33NO4. The van der Waals surface area contributed by atoms with E-state index < -0.39 is 0 Å². The fourth-order valence-electron chi connectivity index (χ4n) is 5.29. The van der Waals surface area contributed by atoms with Crippen LogP contribution >= 0.6 is 0 Å². The Hall–Kier alpha value is -2.56. The molecule has 0 spiro atoms. The maximum Gasteiger partial charge on any atom is 0.355 e. The lowest BCUT2D eigenvalue weighted by Gasteiger charge is -2.24. The minimum absolute atomic E-state index is 0.103. The van der Waals surface area contributed by atoms with Crippen LogP contribution in [0.5, 0.6) is 5.75 Å². The zero-order valence-electron chi connectivity index (χ0n) is 18.7. The van der Waals surface area contributed by atoms with E-state index in [1.165, 1.54) is 32.1 Å². The van der Waals surface area contributed by atoms with E-state index in [9.17, 15) is 9.59 Å². The number of methoxy groups -OCH3 is 1. The number of ether oxygens (including phenoxy) is 2. The van der Waals surface area contributed by atoms with Gasteiger partial charge in [-0.05, 0) is 61.3 Å². The van der Waals surface area contributed by atoms with Gasteiger partial charge in [-0.15, -0.1) is 0 Å². The van der Waals surface area contributed by atoms with Gasteiger partial charge in [0.25, 0.3) is 0 Å². The highest BCUT2D eigenvalue weighted by atomic mass is 16.5. The normalized spacial score (nSPS) is 19.2. The van der Waals surface area contributed by atoms with E-state index in [1.807, 2.05) is 31.2 Å². The quantitative estimate of drug-likeness (QED) is 0.587. The molecule has 0 saturated heterocycles. The van der Waals surface area contributed by atoms with Crippen LogP contribution in [-0.2, 0) is 17.6 Å². The molecule has 0 unspecified atom stereocenters. The van der Waals surface area contributed by atoms with Crippen LogP contribution in [0.3, 0.4) is 0 Å². The number of benzene rings is 1. The Morgan fingerprint density at radius 2 is 1.84 bits per heavy atom. The molecule has 5 nitrogen and oxygen atoms in total. The second-order valence-corrected chi connectivity index (χ2v) is 8.90. The first kappa shape index (κ1) is 21.7. The van der Waals surface area contributed by atoms with Crippen LogP contribution in [0.4, 0.5) is 0 Å². The van der Waals surface area contributed by atoms with Gasteiger partial charge in [0.1, 0.15) is 11.4 Å². The summed E-state index contributed by atoms with van der Waals surface area (Å²) >= 11 is 0. The lowest BCUT2D eigenvalue weighted by Crippen LogP contribution is -2.19. The average Bonchev–Trinajstić information content (AvgIpc) is 3.18. The fraction of sp³-hybridized carbons (Fsp3) is 0.538. The number of esters is 1. The second-order valence-electron chi connectivity index (χ2n) is 8.90. The molecule has 166 valence electrons. The lowest BCUT2D eigenvalue weighted by molar-refractivity contribution is 0.0518. The minimum atomic E-state index is -0.343. The van der Waals surface area contributed by atoms with Gasteiger partial charge < -0.3 is 14.5 Å². The molecule has 1 heterocycles. The summed E-state index contributed by atoms with van der Waals surface area (Å²) < 4.78 is 10.6. The van der Waals surface area contributed by atoms with Crippen molar-refractivity contribution in [1.29, 1.82) is 0 Å². The van der Waals surface area contributed by atoms with Crippen molar-refractivity contribution in [3.05, 3.63) is 52.3 Å². The smallest absolute Gasteiger partial charge is 0.355 e. The summed E-state index contributed by atoms with van der Waals surface area (Å²) in [5.74, 6) is 1.39. The molecule has 2 aliphatic carbocycles. The number of hydrogen-bond donors (Lipinski definition) is 1. The highest BCUT2D eigenvalue weighted by Crippen LogP contribution is 2.37. The summed E-state index contributed by atoms with van der Waals surface area (Å²) in [7, 11) is 1.65. The van der Waals surface area contributed by atoms with Gasteiger partial charge in [-0.2, -0.15) is 0 Å². The number of hydrogen-bond acceptors (Lipinski definition) is 4. The summed E-state index contributed by atoms with van der Waals surface area (Å²) in [6, 6.07) is 7.93. The molecular weight excluding hydrogens is 390 g/mol. The highest BCUT2D eigenvalue weighted by molar-refractivity contribution is 6.03. The first-order chi connectivity index (χ1) is 15.1. The number of carbonyl (C=O) groups is 2. The van der Waals surface area contributed by atoms with E-state index in [1.54, 1.807) is 7.11 Å². The number of aromatic nitrogens is 1. The van der Waals surface area contributed by atoms with Gasteiger partial charge in [0.2, 0.25) is 0 Å². The maximum atomic E-state index is 13.3. The Morgan fingerprint density at radius 3 is 2.52 bits per heavy atom. The van der Waals surface area contributed by atoms with Crippen molar-refractivity contribution in [1.82, 2.24) is 4.98 Å². The van der Waals surface area contributed by atoms with Crippen molar-refractivity contribution >= 4 is 11.8 Å². The predicted octanol–water partition coefficient (Wildman–Crippen LogP) is 5.63. The Morgan fingerprint density at radius 1 is 1.10 bits per heavy atom. The molecule has 0 radical (unpaired) electrons. The summed E-state index contributed by atoms with van der Waals surface area (Å²) in [6.45, 7) is 2.14. The maximum absolute atomic E-state index is 13.3. The van der Waals surface area contributed by atoms with Gasteiger partial charge in [-0.25, -0.2) is 4.79 Å². The van der Waals surface area contributed by atoms with Crippen LogP contribution in [0.15, 0.2) is 24.3 Å². The van der Waals surface area contributed by atoms with Gasteiger partial charge in [0, 0.05) is 17.7 Å². The number of H-pyrrole nitrogens is 1. The number of aromatic amines is 1. The number of ketones is 1. The summed E-state index contributed by atoms with van der Waals surface area (Å²) in [5, 5.41) is 0. The molecule has 1 N–H and O–H groups in total. The molecule has 1 aromatic carbocycles. The molecule has 31 heavy (non-hydrogen) atoms. The van der Waals surface area contributed by atoms with E-state index in [2.05, 4.69) is 4.98 Å². The number of nitrogens with one attached hydrogen (secondary N) is 1. The molecule has 1 saturated carbocycles. The van der Waals surface area contributed by atoms with E-state index in [4.69, 9.17) is 9.47 Å². The summed E-state index contributed by atoms with van der Waals surface area (Å²) in [4.78, 5) is 29.3. The molecule has 1 aromatic heterocycles. The summed E-state index contributed by atoms with van der Waals surface area (Å²) in [5.41, 5.74) is 4.14. The molecule has 0 aliphatic heterocycles. The Bertz CT molecular complexity index is 922. The Kier molecular flexibility index (Phi) is 6.79. The number of fused-ring (bicyclic) bond motifs is 1. The largest absolute Gasteiger partial charge is 0.497 e. The standard InChI is InChI=1S/C26H33NO4/c1-3-31-26(29)25-21(14-9-17-7-5-4-6-8-17)24-22(27-25)15-19(16-23(24)28)18-10-12-20(30-2)13-11-18/h10-13,17,19,27H,3-9,14-16H2,1-2H3/t19-/m0/s1. The van der Waals surface area contributed by atoms with Crippen molar-refractivity contribution in [2.24, 2.45) is 5.92 Å². The zero-order chi connectivity index (χ0) is 21.8. The van der Waals surface area contributed by atoms with Crippen molar-refractivity contribution in [2.75, 3.05) is 13.7 Å². The number of Topliss-reactive ketones (excluding diaryl/α,β-unsaturated/α-hetero) is 1. The molecule has 1 fully saturated rings. The molecule has 0 amide bonds. The van der Waals surface area contributed by atoms with Gasteiger partial charge >= 0.3 is 5.97 Å². The monoisotopic (exact) mass is 423 g/mol. The van der Waals surface area contributed by atoms with Gasteiger partial charge in [0.05, 0.1) is 13.7 Å².